The Balaban J connectivity index is 1.97. The van der Waals surface area contributed by atoms with Crippen LogP contribution in [0.4, 0.5) is 0 Å². The highest BCUT2D eigenvalue weighted by molar-refractivity contribution is 5.48. The van der Waals surface area contributed by atoms with Crippen molar-refractivity contribution in [1.82, 2.24) is 4.90 Å². The molecule has 3 rings (SSSR count). The van der Waals surface area contributed by atoms with E-state index in [1.165, 1.54) is 24.9 Å². The van der Waals surface area contributed by atoms with E-state index in [1.54, 1.807) is 7.11 Å². The zero-order valence-corrected chi connectivity index (χ0v) is 12.8. The van der Waals surface area contributed by atoms with E-state index < -0.39 is 5.60 Å². The molecule has 2 atom stereocenters. The maximum atomic E-state index is 11.2. The van der Waals surface area contributed by atoms with Gasteiger partial charge in [0.1, 0.15) is 5.75 Å². The highest BCUT2D eigenvalue weighted by Crippen LogP contribution is 2.44. The maximum absolute atomic E-state index is 11.2. The van der Waals surface area contributed by atoms with E-state index in [9.17, 15) is 5.11 Å². The molecule has 0 aliphatic carbocycles. The maximum Gasteiger partial charge on any atom is 0.128 e. The predicted octanol–water partition coefficient (Wildman–Crippen LogP) is 2.76. The van der Waals surface area contributed by atoms with E-state index in [0.29, 0.717) is 6.04 Å². The van der Waals surface area contributed by atoms with Gasteiger partial charge in [0.15, 0.2) is 0 Å². The fourth-order valence-electron chi connectivity index (χ4n) is 3.91. The van der Waals surface area contributed by atoms with Crippen LogP contribution in [-0.4, -0.2) is 36.2 Å². The van der Waals surface area contributed by atoms with Crippen LogP contribution in [0.25, 0.3) is 0 Å². The number of benzene rings is 1. The monoisotopic (exact) mass is 275 g/mol. The molecule has 1 aromatic carbocycles. The summed E-state index contributed by atoms with van der Waals surface area (Å²) in [5.74, 6) is 0.874. The molecule has 0 spiro atoms. The molecule has 2 fully saturated rings. The number of piperidine rings is 1. The number of nitrogens with zero attached hydrogens (tertiary/aromatic N) is 1. The summed E-state index contributed by atoms with van der Waals surface area (Å²) < 4.78 is 5.61. The summed E-state index contributed by atoms with van der Waals surface area (Å²) in [5, 5.41) is 11.2. The van der Waals surface area contributed by atoms with Crippen molar-refractivity contribution in [3.05, 3.63) is 28.8 Å². The van der Waals surface area contributed by atoms with Crippen LogP contribution in [0.1, 0.15) is 42.4 Å². The standard InChI is InChI=1S/C17H25NO2/c1-12-6-7-15(16(20-3)13(12)2)17(19)8-10-18-9-4-5-14(18)11-17/h6-7,14,19H,4-5,8-11H2,1-3H3. The first-order valence-corrected chi connectivity index (χ1v) is 7.66. The Morgan fingerprint density at radius 3 is 2.85 bits per heavy atom. The van der Waals surface area contributed by atoms with Gasteiger partial charge in [-0.15, -0.1) is 0 Å². The Hall–Kier alpha value is -1.06. The summed E-state index contributed by atoms with van der Waals surface area (Å²) in [6, 6.07) is 4.71. The lowest BCUT2D eigenvalue weighted by Crippen LogP contribution is -2.46. The van der Waals surface area contributed by atoms with Crippen LogP contribution in [0, 0.1) is 13.8 Å². The summed E-state index contributed by atoms with van der Waals surface area (Å²) in [6.07, 6.45) is 4.13. The molecule has 1 N–H and O–H groups in total. The van der Waals surface area contributed by atoms with Gasteiger partial charge in [-0.05, 0) is 57.2 Å². The van der Waals surface area contributed by atoms with Gasteiger partial charge in [-0.3, -0.25) is 0 Å². The second-order valence-corrected chi connectivity index (χ2v) is 6.41. The van der Waals surface area contributed by atoms with Crippen molar-refractivity contribution in [3.63, 3.8) is 0 Å². The minimum Gasteiger partial charge on any atom is -0.496 e. The molecule has 20 heavy (non-hydrogen) atoms. The zero-order valence-electron chi connectivity index (χ0n) is 12.8. The fourth-order valence-corrected chi connectivity index (χ4v) is 3.91. The van der Waals surface area contributed by atoms with Crippen LogP contribution in [-0.2, 0) is 5.60 Å². The molecule has 0 saturated carbocycles. The molecular weight excluding hydrogens is 250 g/mol. The van der Waals surface area contributed by atoms with Gasteiger partial charge >= 0.3 is 0 Å². The number of fused-ring (bicyclic) bond motifs is 1. The molecule has 2 aliphatic rings. The van der Waals surface area contributed by atoms with E-state index >= 15 is 0 Å². The third kappa shape index (κ3) is 2.13. The van der Waals surface area contributed by atoms with Crippen LogP contribution in [0.15, 0.2) is 12.1 Å². The highest BCUT2D eigenvalue weighted by atomic mass is 16.5. The highest BCUT2D eigenvalue weighted by Gasteiger charge is 2.42. The lowest BCUT2D eigenvalue weighted by Gasteiger charge is -2.41. The summed E-state index contributed by atoms with van der Waals surface area (Å²) in [6.45, 7) is 6.36. The SMILES string of the molecule is COc1c(C2(O)CCN3CCCC3C2)ccc(C)c1C. The third-order valence-corrected chi connectivity index (χ3v) is 5.27. The Morgan fingerprint density at radius 1 is 1.30 bits per heavy atom. The molecule has 2 aliphatic heterocycles. The molecule has 3 nitrogen and oxygen atoms in total. The smallest absolute Gasteiger partial charge is 0.128 e. The number of hydrogen-bond acceptors (Lipinski definition) is 3. The number of aryl methyl sites for hydroxylation is 1. The number of rotatable bonds is 2. The van der Waals surface area contributed by atoms with Crippen LogP contribution in [0.5, 0.6) is 5.75 Å². The van der Waals surface area contributed by atoms with Crippen molar-refractivity contribution in [2.24, 2.45) is 0 Å². The summed E-state index contributed by atoms with van der Waals surface area (Å²) in [5.41, 5.74) is 2.62. The number of hydrogen-bond donors (Lipinski definition) is 1. The normalized spacial score (nSPS) is 30.3. The summed E-state index contributed by atoms with van der Waals surface area (Å²) in [4.78, 5) is 2.53. The van der Waals surface area contributed by atoms with Crippen molar-refractivity contribution < 1.29 is 9.84 Å². The fraction of sp³-hybridized carbons (Fsp3) is 0.647. The first kappa shape index (κ1) is 13.9. The van der Waals surface area contributed by atoms with Gasteiger partial charge in [-0.1, -0.05) is 12.1 Å². The number of ether oxygens (including phenoxy) is 1. The van der Waals surface area contributed by atoms with Crippen LogP contribution in [0.2, 0.25) is 0 Å². The minimum atomic E-state index is -0.727. The van der Waals surface area contributed by atoms with Gasteiger partial charge in [0.05, 0.1) is 12.7 Å². The lowest BCUT2D eigenvalue weighted by atomic mass is 9.79. The first-order valence-electron chi connectivity index (χ1n) is 7.66. The van der Waals surface area contributed by atoms with Crippen molar-refractivity contribution in [2.45, 2.75) is 51.2 Å². The van der Waals surface area contributed by atoms with Gasteiger partial charge in [-0.25, -0.2) is 0 Å². The molecule has 3 heteroatoms. The van der Waals surface area contributed by atoms with Crippen molar-refractivity contribution in [1.29, 1.82) is 0 Å². The van der Waals surface area contributed by atoms with Crippen molar-refractivity contribution >= 4 is 0 Å². The Labute approximate surface area is 121 Å². The zero-order chi connectivity index (χ0) is 14.3. The summed E-state index contributed by atoms with van der Waals surface area (Å²) in [7, 11) is 1.71. The molecule has 2 heterocycles. The molecular formula is C17H25NO2. The molecule has 0 radical (unpaired) electrons. The lowest BCUT2D eigenvalue weighted by molar-refractivity contribution is -0.0423. The predicted molar refractivity (Wildman–Crippen MR) is 80.2 cm³/mol. The van der Waals surface area contributed by atoms with Gasteiger partial charge < -0.3 is 14.7 Å². The largest absolute Gasteiger partial charge is 0.496 e. The van der Waals surface area contributed by atoms with E-state index in [0.717, 1.165) is 36.3 Å². The Morgan fingerprint density at radius 2 is 2.10 bits per heavy atom. The van der Waals surface area contributed by atoms with E-state index in [4.69, 9.17) is 4.74 Å². The number of methoxy groups -OCH3 is 1. The van der Waals surface area contributed by atoms with Gasteiger partial charge in [0, 0.05) is 18.2 Å². The second-order valence-electron chi connectivity index (χ2n) is 6.41. The molecule has 0 amide bonds. The van der Waals surface area contributed by atoms with E-state index in [-0.39, 0.29) is 0 Å². The number of aliphatic hydroxyl groups is 1. The van der Waals surface area contributed by atoms with Crippen LogP contribution >= 0.6 is 0 Å². The quantitative estimate of drug-likeness (QED) is 0.901. The van der Waals surface area contributed by atoms with Crippen LogP contribution < -0.4 is 4.74 Å². The second kappa shape index (κ2) is 5.05. The molecule has 0 bridgehead atoms. The van der Waals surface area contributed by atoms with E-state index in [2.05, 4.69) is 30.9 Å². The van der Waals surface area contributed by atoms with Crippen LogP contribution in [0.3, 0.4) is 0 Å². The Bertz CT molecular complexity index is 514. The van der Waals surface area contributed by atoms with Crippen molar-refractivity contribution in [3.8, 4) is 5.75 Å². The average molecular weight is 275 g/mol. The van der Waals surface area contributed by atoms with Gasteiger partial charge in [0.2, 0.25) is 0 Å². The van der Waals surface area contributed by atoms with Gasteiger partial charge in [-0.2, -0.15) is 0 Å². The third-order valence-electron chi connectivity index (χ3n) is 5.27. The minimum absolute atomic E-state index is 0.542. The topological polar surface area (TPSA) is 32.7 Å². The average Bonchev–Trinajstić information content (AvgIpc) is 2.88. The molecule has 2 unspecified atom stereocenters. The van der Waals surface area contributed by atoms with E-state index in [1.807, 2.05) is 0 Å². The molecule has 1 aromatic rings. The van der Waals surface area contributed by atoms with Crippen molar-refractivity contribution in [2.75, 3.05) is 20.2 Å². The Kier molecular flexibility index (Phi) is 3.51. The molecule has 110 valence electrons. The molecule has 0 aromatic heterocycles. The van der Waals surface area contributed by atoms with Gasteiger partial charge in [0.25, 0.3) is 0 Å². The summed E-state index contributed by atoms with van der Waals surface area (Å²) >= 11 is 0. The first-order chi connectivity index (χ1) is 9.55. The molecule has 2 saturated heterocycles.